The van der Waals surface area contributed by atoms with Gasteiger partial charge in [0.25, 0.3) is 0 Å². The lowest BCUT2D eigenvalue weighted by Gasteiger charge is -2.19. The molecular formula is C13H20N2O2. The van der Waals surface area contributed by atoms with Crippen LogP contribution in [0.1, 0.15) is 26.2 Å². The number of carbonyl (C=O) groups is 1. The lowest BCUT2D eigenvalue weighted by molar-refractivity contribution is -0.140. The van der Waals surface area contributed by atoms with E-state index in [0.29, 0.717) is 12.1 Å². The third-order valence-corrected chi connectivity index (χ3v) is 2.60. The van der Waals surface area contributed by atoms with E-state index < -0.39 is 0 Å². The van der Waals surface area contributed by atoms with Gasteiger partial charge >= 0.3 is 5.97 Å². The molecule has 0 bridgehead atoms. The Bertz CT molecular complexity index is 366. The summed E-state index contributed by atoms with van der Waals surface area (Å²) in [4.78, 5) is 11.3. The zero-order valence-corrected chi connectivity index (χ0v) is 10.4. The Morgan fingerprint density at radius 1 is 1.47 bits per heavy atom. The number of ether oxygens (including phenoxy) is 1. The second-order valence-electron chi connectivity index (χ2n) is 4.00. The number of para-hydroxylation sites is 2. The Kier molecular flexibility index (Phi) is 5.33. The molecule has 0 spiro atoms. The van der Waals surface area contributed by atoms with Crippen LogP contribution in [0, 0.1) is 0 Å². The fourth-order valence-electron chi connectivity index (χ4n) is 1.71. The lowest BCUT2D eigenvalue weighted by Crippen LogP contribution is -2.24. The Labute approximate surface area is 102 Å². The minimum atomic E-state index is -0.203. The van der Waals surface area contributed by atoms with Crippen molar-refractivity contribution >= 4 is 17.3 Å². The number of hydrogen-bond acceptors (Lipinski definition) is 4. The van der Waals surface area contributed by atoms with Crippen molar-refractivity contribution in [2.45, 2.75) is 32.2 Å². The van der Waals surface area contributed by atoms with E-state index in [1.165, 1.54) is 7.11 Å². The van der Waals surface area contributed by atoms with Crippen LogP contribution in [0.5, 0.6) is 0 Å². The molecule has 0 fully saturated rings. The summed E-state index contributed by atoms with van der Waals surface area (Å²) < 4.78 is 4.68. The monoisotopic (exact) mass is 236 g/mol. The van der Waals surface area contributed by atoms with Crippen molar-refractivity contribution < 1.29 is 9.53 Å². The van der Waals surface area contributed by atoms with Gasteiger partial charge in [-0.2, -0.15) is 0 Å². The standard InChI is InChI=1S/C13H20N2O2/c1-3-6-10(9-13(16)17-2)15-12-8-5-4-7-11(12)14/h4-5,7-8,10,15H,3,6,9,14H2,1-2H3. The Balaban J connectivity index is 2.66. The Hall–Kier alpha value is -1.71. The summed E-state index contributed by atoms with van der Waals surface area (Å²) in [6.45, 7) is 2.08. The summed E-state index contributed by atoms with van der Waals surface area (Å²) in [5.74, 6) is -0.203. The maximum absolute atomic E-state index is 11.3. The zero-order chi connectivity index (χ0) is 12.7. The zero-order valence-electron chi connectivity index (χ0n) is 10.4. The number of esters is 1. The van der Waals surface area contributed by atoms with Gasteiger partial charge in [0.1, 0.15) is 0 Å². The van der Waals surface area contributed by atoms with Crippen LogP contribution in [0.4, 0.5) is 11.4 Å². The van der Waals surface area contributed by atoms with E-state index in [2.05, 4.69) is 17.0 Å². The van der Waals surface area contributed by atoms with E-state index in [1.807, 2.05) is 24.3 Å². The first-order chi connectivity index (χ1) is 8.17. The smallest absolute Gasteiger partial charge is 0.307 e. The van der Waals surface area contributed by atoms with E-state index in [9.17, 15) is 4.79 Å². The van der Waals surface area contributed by atoms with E-state index in [0.717, 1.165) is 18.5 Å². The van der Waals surface area contributed by atoms with Gasteiger partial charge in [-0.1, -0.05) is 25.5 Å². The van der Waals surface area contributed by atoms with Gasteiger partial charge in [-0.05, 0) is 18.6 Å². The van der Waals surface area contributed by atoms with Crippen molar-refractivity contribution in [3.8, 4) is 0 Å². The maximum atomic E-state index is 11.3. The molecule has 1 aromatic carbocycles. The van der Waals surface area contributed by atoms with Gasteiger partial charge in [0.05, 0.1) is 24.9 Å². The van der Waals surface area contributed by atoms with E-state index >= 15 is 0 Å². The molecule has 0 aliphatic carbocycles. The highest BCUT2D eigenvalue weighted by Crippen LogP contribution is 2.20. The summed E-state index contributed by atoms with van der Waals surface area (Å²) in [7, 11) is 1.40. The summed E-state index contributed by atoms with van der Waals surface area (Å²) in [6, 6.07) is 7.62. The van der Waals surface area contributed by atoms with E-state index in [-0.39, 0.29) is 12.0 Å². The third kappa shape index (κ3) is 4.34. The summed E-state index contributed by atoms with van der Waals surface area (Å²) in [6.07, 6.45) is 2.27. The van der Waals surface area contributed by atoms with Crippen molar-refractivity contribution in [2.75, 3.05) is 18.2 Å². The Morgan fingerprint density at radius 2 is 2.18 bits per heavy atom. The number of carbonyl (C=O) groups excluding carboxylic acids is 1. The number of nitrogen functional groups attached to an aromatic ring is 1. The molecule has 0 aliphatic rings. The largest absolute Gasteiger partial charge is 0.469 e. The van der Waals surface area contributed by atoms with Crippen LogP contribution in [0.2, 0.25) is 0 Å². The molecule has 0 aliphatic heterocycles. The number of methoxy groups -OCH3 is 1. The minimum absolute atomic E-state index is 0.0668. The van der Waals surface area contributed by atoms with Gasteiger partial charge in [0.15, 0.2) is 0 Å². The molecule has 1 rings (SSSR count). The molecule has 0 radical (unpaired) electrons. The SMILES string of the molecule is CCCC(CC(=O)OC)Nc1ccccc1N. The summed E-state index contributed by atoms with van der Waals surface area (Å²) in [5.41, 5.74) is 7.41. The number of rotatable bonds is 6. The number of benzene rings is 1. The number of nitrogens with one attached hydrogen (secondary N) is 1. The highest BCUT2D eigenvalue weighted by Gasteiger charge is 2.14. The second-order valence-corrected chi connectivity index (χ2v) is 4.00. The topological polar surface area (TPSA) is 64.3 Å². The van der Waals surface area contributed by atoms with Gasteiger partial charge in [-0.3, -0.25) is 4.79 Å². The van der Waals surface area contributed by atoms with Crippen LogP contribution in [0.25, 0.3) is 0 Å². The van der Waals surface area contributed by atoms with Gasteiger partial charge in [0, 0.05) is 6.04 Å². The van der Waals surface area contributed by atoms with Crippen LogP contribution >= 0.6 is 0 Å². The summed E-state index contributed by atoms with van der Waals surface area (Å²) >= 11 is 0. The molecule has 0 saturated heterocycles. The quantitative estimate of drug-likeness (QED) is 0.588. The molecule has 0 aromatic heterocycles. The van der Waals surface area contributed by atoms with E-state index in [1.54, 1.807) is 0 Å². The van der Waals surface area contributed by atoms with Crippen molar-refractivity contribution in [1.29, 1.82) is 0 Å². The average Bonchev–Trinajstić information content (AvgIpc) is 2.32. The molecule has 4 heteroatoms. The van der Waals surface area contributed by atoms with Gasteiger partial charge in [-0.15, -0.1) is 0 Å². The van der Waals surface area contributed by atoms with Crippen molar-refractivity contribution in [3.63, 3.8) is 0 Å². The molecule has 1 atom stereocenters. The van der Waals surface area contributed by atoms with Gasteiger partial charge in [-0.25, -0.2) is 0 Å². The third-order valence-electron chi connectivity index (χ3n) is 2.60. The van der Waals surface area contributed by atoms with Gasteiger partial charge < -0.3 is 15.8 Å². The highest BCUT2D eigenvalue weighted by atomic mass is 16.5. The second kappa shape index (κ2) is 6.78. The minimum Gasteiger partial charge on any atom is -0.469 e. The van der Waals surface area contributed by atoms with Crippen molar-refractivity contribution in [3.05, 3.63) is 24.3 Å². The van der Waals surface area contributed by atoms with Crippen LogP contribution in [0.3, 0.4) is 0 Å². The molecular weight excluding hydrogens is 216 g/mol. The summed E-state index contributed by atoms with van der Waals surface area (Å²) in [5, 5.41) is 3.29. The average molecular weight is 236 g/mol. The number of anilines is 2. The first-order valence-electron chi connectivity index (χ1n) is 5.85. The van der Waals surface area contributed by atoms with Crippen LogP contribution in [-0.2, 0) is 9.53 Å². The molecule has 0 heterocycles. The molecule has 1 unspecified atom stereocenters. The fourth-order valence-corrected chi connectivity index (χ4v) is 1.71. The highest BCUT2D eigenvalue weighted by molar-refractivity contribution is 5.72. The van der Waals surface area contributed by atoms with Gasteiger partial charge in [0.2, 0.25) is 0 Å². The molecule has 4 nitrogen and oxygen atoms in total. The Morgan fingerprint density at radius 3 is 2.76 bits per heavy atom. The predicted octanol–water partition coefficient (Wildman–Crippen LogP) is 2.41. The predicted molar refractivity (Wildman–Crippen MR) is 69.8 cm³/mol. The van der Waals surface area contributed by atoms with Crippen LogP contribution in [0.15, 0.2) is 24.3 Å². The first-order valence-corrected chi connectivity index (χ1v) is 5.85. The maximum Gasteiger partial charge on any atom is 0.307 e. The first kappa shape index (κ1) is 13.4. The molecule has 94 valence electrons. The molecule has 1 aromatic rings. The number of hydrogen-bond donors (Lipinski definition) is 2. The van der Waals surface area contributed by atoms with E-state index in [4.69, 9.17) is 5.73 Å². The van der Waals surface area contributed by atoms with Crippen molar-refractivity contribution in [1.82, 2.24) is 0 Å². The normalized spacial score (nSPS) is 11.9. The molecule has 0 saturated carbocycles. The van der Waals surface area contributed by atoms with Crippen molar-refractivity contribution in [2.24, 2.45) is 0 Å². The molecule has 0 amide bonds. The molecule has 3 N–H and O–H groups in total. The molecule has 17 heavy (non-hydrogen) atoms. The van der Waals surface area contributed by atoms with Crippen LogP contribution in [-0.4, -0.2) is 19.1 Å². The fraction of sp³-hybridized carbons (Fsp3) is 0.462. The number of nitrogens with two attached hydrogens (primary N) is 1. The lowest BCUT2D eigenvalue weighted by atomic mass is 10.1. The van der Waals surface area contributed by atoms with Crippen LogP contribution < -0.4 is 11.1 Å².